The van der Waals surface area contributed by atoms with Gasteiger partial charge < -0.3 is 9.64 Å². The van der Waals surface area contributed by atoms with Crippen LogP contribution in [0.2, 0.25) is 10.0 Å². The van der Waals surface area contributed by atoms with E-state index in [-0.39, 0.29) is 0 Å². The normalized spacial score (nSPS) is 14.8. The highest BCUT2D eigenvalue weighted by Gasteiger charge is 2.18. The average Bonchev–Trinajstić information content (AvgIpc) is 3.23. The van der Waals surface area contributed by atoms with Crippen LogP contribution >= 0.6 is 23.2 Å². The van der Waals surface area contributed by atoms with E-state index in [1.807, 2.05) is 6.07 Å². The second kappa shape index (κ2) is 7.80. The standard InChI is InChI=1S/C16H21Cl2NO/c1-19(9-2-4-13-5-6-13)10-3-11-20-14-7-8-15(17)16(18)12-14/h2,7-9,12-13H,3-6,10-11H2,1H3/b9-2+. The van der Waals surface area contributed by atoms with Gasteiger partial charge in [-0.05, 0) is 49.9 Å². The third-order valence-corrected chi connectivity index (χ3v) is 4.08. The van der Waals surface area contributed by atoms with Gasteiger partial charge in [0, 0.05) is 19.7 Å². The summed E-state index contributed by atoms with van der Waals surface area (Å²) < 4.78 is 5.65. The van der Waals surface area contributed by atoms with Crippen LogP contribution in [-0.4, -0.2) is 25.1 Å². The first-order chi connectivity index (χ1) is 9.65. The fraction of sp³-hybridized carbons (Fsp3) is 0.500. The van der Waals surface area contributed by atoms with Crippen molar-refractivity contribution in [2.45, 2.75) is 25.7 Å². The zero-order valence-electron chi connectivity index (χ0n) is 11.8. The lowest BCUT2D eigenvalue weighted by Crippen LogP contribution is -2.15. The number of halogens is 2. The van der Waals surface area contributed by atoms with Crippen molar-refractivity contribution in [2.24, 2.45) is 5.92 Å². The molecule has 0 aromatic heterocycles. The lowest BCUT2D eigenvalue weighted by molar-refractivity contribution is 0.289. The van der Waals surface area contributed by atoms with Crippen molar-refractivity contribution in [3.8, 4) is 5.75 Å². The molecule has 0 spiro atoms. The summed E-state index contributed by atoms with van der Waals surface area (Å²) in [6.07, 6.45) is 9.47. The number of hydrogen-bond donors (Lipinski definition) is 0. The van der Waals surface area contributed by atoms with Gasteiger partial charge in [-0.15, -0.1) is 0 Å². The Balaban J connectivity index is 1.60. The summed E-state index contributed by atoms with van der Waals surface area (Å²) in [4.78, 5) is 2.21. The van der Waals surface area contributed by atoms with E-state index < -0.39 is 0 Å². The van der Waals surface area contributed by atoms with Crippen molar-refractivity contribution < 1.29 is 4.74 Å². The first kappa shape index (κ1) is 15.5. The molecule has 0 N–H and O–H groups in total. The molecule has 0 aliphatic heterocycles. The summed E-state index contributed by atoms with van der Waals surface area (Å²) in [5, 5.41) is 1.09. The summed E-state index contributed by atoms with van der Waals surface area (Å²) in [5.41, 5.74) is 0. The zero-order valence-corrected chi connectivity index (χ0v) is 13.3. The van der Waals surface area contributed by atoms with Crippen LogP contribution in [0.5, 0.6) is 5.75 Å². The van der Waals surface area contributed by atoms with Gasteiger partial charge in [0.2, 0.25) is 0 Å². The number of benzene rings is 1. The predicted octanol–water partition coefficient (Wildman–Crippen LogP) is 5.01. The van der Waals surface area contributed by atoms with Crippen LogP contribution < -0.4 is 4.74 Å². The highest BCUT2D eigenvalue weighted by atomic mass is 35.5. The largest absolute Gasteiger partial charge is 0.493 e. The molecule has 1 fully saturated rings. The molecular formula is C16H21Cl2NO. The molecule has 2 nitrogen and oxygen atoms in total. The first-order valence-corrected chi connectivity index (χ1v) is 7.85. The Kier molecular flexibility index (Phi) is 6.06. The van der Waals surface area contributed by atoms with Gasteiger partial charge in [0.1, 0.15) is 5.75 Å². The summed E-state index contributed by atoms with van der Waals surface area (Å²) in [7, 11) is 2.10. The van der Waals surface area contributed by atoms with Crippen LogP contribution in [0.25, 0.3) is 0 Å². The molecule has 0 bridgehead atoms. The quantitative estimate of drug-likeness (QED) is 0.626. The van der Waals surface area contributed by atoms with E-state index in [2.05, 4.69) is 24.2 Å². The van der Waals surface area contributed by atoms with Crippen molar-refractivity contribution in [3.63, 3.8) is 0 Å². The van der Waals surface area contributed by atoms with Crippen LogP contribution in [-0.2, 0) is 0 Å². The second-order valence-corrected chi connectivity index (χ2v) is 6.14. The maximum atomic E-state index is 5.94. The molecule has 0 radical (unpaired) electrons. The molecule has 20 heavy (non-hydrogen) atoms. The van der Waals surface area contributed by atoms with E-state index in [9.17, 15) is 0 Å². The van der Waals surface area contributed by atoms with E-state index in [0.29, 0.717) is 16.7 Å². The number of ether oxygens (including phenoxy) is 1. The molecule has 0 heterocycles. The number of allylic oxidation sites excluding steroid dienone is 1. The topological polar surface area (TPSA) is 12.5 Å². The lowest BCUT2D eigenvalue weighted by Gasteiger charge is -2.14. The smallest absolute Gasteiger partial charge is 0.120 e. The Labute approximate surface area is 131 Å². The average molecular weight is 314 g/mol. The van der Waals surface area contributed by atoms with E-state index in [1.54, 1.807) is 12.1 Å². The Hall–Kier alpha value is -0.860. The molecule has 4 heteroatoms. The minimum absolute atomic E-state index is 0.532. The molecule has 0 saturated heterocycles. The van der Waals surface area contributed by atoms with Crippen molar-refractivity contribution in [1.82, 2.24) is 4.90 Å². The fourth-order valence-electron chi connectivity index (χ4n) is 1.93. The summed E-state index contributed by atoms with van der Waals surface area (Å²) in [6.45, 7) is 1.67. The second-order valence-electron chi connectivity index (χ2n) is 5.32. The molecule has 1 aliphatic rings. The van der Waals surface area contributed by atoms with Crippen molar-refractivity contribution in [2.75, 3.05) is 20.2 Å². The zero-order chi connectivity index (χ0) is 14.4. The lowest BCUT2D eigenvalue weighted by atomic mass is 10.3. The minimum Gasteiger partial charge on any atom is -0.493 e. The van der Waals surface area contributed by atoms with Gasteiger partial charge in [-0.3, -0.25) is 0 Å². The van der Waals surface area contributed by atoms with E-state index in [4.69, 9.17) is 27.9 Å². The molecule has 2 rings (SSSR count). The number of hydrogen-bond acceptors (Lipinski definition) is 2. The van der Waals surface area contributed by atoms with Crippen molar-refractivity contribution in [3.05, 3.63) is 40.5 Å². The van der Waals surface area contributed by atoms with Crippen LogP contribution in [0.1, 0.15) is 25.7 Å². The molecule has 0 amide bonds. The highest BCUT2D eigenvalue weighted by Crippen LogP contribution is 2.32. The molecular weight excluding hydrogens is 293 g/mol. The van der Waals surface area contributed by atoms with E-state index in [1.165, 1.54) is 19.3 Å². The first-order valence-electron chi connectivity index (χ1n) is 7.10. The van der Waals surface area contributed by atoms with Gasteiger partial charge in [0.05, 0.1) is 16.7 Å². The molecule has 0 unspecified atom stereocenters. The van der Waals surface area contributed by atoms with Crippen molar-refractivity contribution in [1.29, 1.82) is 0 Å². The van der Waals surface area contributed by atoms with Gasteiger partial charge in [-0.1, -0.05) is 29.3 Å². The maximum absolute atomic E-state index is 5.94. The minimum atomic E-state index is 0.532. The van der Waals surface area contributed by atoms with Crippen LogP contribution in [0.3, 0.4) is 0 Å². The van der Waals surface area contributed by atoms with Gasteiger partial charge in [0.15, 0.2) is 0 Å². The van der Waals surface area contributed by atoms with Gasteiger partial charge in [-0.25, -0.2) is 0 Å². The number of rotatable bonds is 8. The molecule has 1 aliphatic carbocycles. The monoisotopic (exact) mass is 313 g/mol. The third kappa shape index (κ3) is 5.64. The Bertz CT molecular complexity index is 458. The summed E-state index contributed by atoms with van der Waals surface area (Å²) in [5.74, 6) is 1.73. The third-order valence-electron chi connectivity index (χ3n) is 3.34. The van der Waals surface area contributed by atoms with E-state index >= 15 is 0 Å². The highest BCUT2D eigenvalue weighted by molar-refractivity contribution is 6.42. The molecule has 1 aromatic carbocycles. The van der Waals surface area contributed by atoms with E-state index in [0.717, 1.165) is 24.6 Å². The summed E-state index contributed by atoms with van der Waals surface area (Å²) >= 11 is 11.8. The Morgan fingerprint density at radius 1 is 1.30 bits per heavy atom. The Morgan fingerprint density at radius 3 is 2.80 bits per heavy atom. The van der Waals surface area contributed by atoms with Gasteiger partial charge >= 0.3 is 0 Å². The fourth-order valence-corrected chi connectivity index (χ4v) is 2.22. The van der Waals surface area contributed by atoms with Crippen LogP contribution in [0.15, 0.2) is 30.5 Å². The Morgan fingerprint density at radius 2 is 2.10 bits per heavy atom. The van der Waals surface area contributed by atoms with Crippen LogP contribution in [0.4, 0.5) is 0 Å². The molecule has 0 atom stereocenters. The maximum Gasteiger partial charge on any atom is 0.120 e. The summed E-state index contributed by atoms with van der Waals surface area (Å²) in [6, 6.07) is 5.35. The molecule has 1 saturated carbocycles. The predicted molar refractivity (Wildman–Crippen MR) is 85.7 cm³/mol. The molecule has 1 aromatic rings. The SMILES string of the molecule is CN(/C=C/CC1CC1)CCCOc1ccc(Cl)c(Cl)c1. The van der Waals surface area contributed by atoms with Crippen molar-refractivity contribution >= 4 is 23.2 Å². The number of nitrogens with zero attached hydrogens (tertiary/aromatic N) is 1. The molecule has 110 valence electrons. The van der Waals surface area contributed by atoms with Crippen LogP contribution in [0, 0.1) is 5.92 Å². The van der Waals surface area contributed by atoms with Gasteiger partial charge in [0.25, 0.3) is 0 Å². The van der Waals surface area contributed by atoms with Gasteiger partial charge in [-0.2, -0.15) is 0 Å².